The van der Waals surface area contributed by atoms with Gasteiger partial charge in [-0.25, -0.2) is 0 Å². The van der Waals surface area contributed by atoms with Gasteiger partial charge in [0, 0.05) is 18.6 Å². The fourth-order valence-corrected chi connectivity index (χ4v) is 2.05. The lowest BCUT2D eigenvalue weighted by Gasteiger charge is -2.24. The molecule has 0 aromatic heterocycles. The second kappa shape index (κ2) is 8.04. The zero-order chi connectivity index (χ0) is 11.8. The van der Waals surface area contributed by atoms with Gasteiger partial charge in [0.05, 0.1) is 19.8 Å². The Morgan fingerprint density at radius 1 is 1.44 bits per heavy atom. The number of hydrogen-bond acceptors (Lipinski definition) is 3. The average Bonchev–Trinajstić information content (AvgIpc) is 2.80. The summed E-state index contributed by atoms with van der Waals surface area (Å²) in [5, 5.41) is 3.50. The van der Waals surface area contributed by atoms with E-state index in [0.29, 0.717) is 17.9 Å². The second-order valence-electron chi connectivity index (χ2n) is 4.82. The lowest BCUT2D eigenvalue weighted by Crippen LogP contribution is -2.39. The molecule has 3 unspecified atom stereocenters. The van der Waals surface area contributed by atoms with Crippen molar-refractivity contribution in [1.82, 2.24) is 5.32 Å². The van der Waals surface area contributed by atoms with Crippen molar-refractivity contribution in [2.75, 3.05) is 33.0 Å². The molecule has 0 saturated carbocycles. The minimum Gasteiger partial charge on any atom is -0.381 e. The summed E-state index contributed by atoms with van der Waals surface area (Å²) in [6.45, 7) is 11.2. The van der Waals surface area contributed by atoms with Gasteiger partial charge in [-0.1, -0.05) is 27.2 Å². The van der Waals surface area contributed by atoms with Crippen molar-refractivity contribution in [3.63, 3.8) is 0 Å². The topological polar surface area (TPSA) is 30.5 Å². The molecule has 1 rings (SSSR count). The van der Waals surface area contributed by atoms with Gasteiger partial charge < -0.3 is 14.8 Å². The summed E-state index contributed by atoms with van der Waals surface area (Å²) in [5.74, 6) is 1.30. The van der Waals surface area contributed by atoms with Crippen LogP contribution in [0.4, 0.5) is 0 Å². The Morgan fingerprint density at radius 3 is 2.81 bits per heavy atom. The first kappa shape index (κ1) is 13.9. The van der Waals surface area contributed by atoms with Crippen molar-refractivity contribution in [2.24, 2.45) is 11.8 Å². The standard InChI is InChI=1S/C13H27NO2/c1-4-11(3)13(14-5-2)10-16-9-12-6-7-15-8-12/h11-14H,4-10H2,1-3H3. The van der Waals surface area contributed by atoms with Crippen LogP contribution in [0.3, 0.4) is 0 Å². The highest BCUT2D eigenvalue weighted by molar-refractivity contribution is 4.72. The quantitative estimate of drug-likeness (QED) is 0.691. The number of likely N-dealkylation sites (N-methyl/N-ethyl adjacent to an activating group) is 1. The highest BCUT2D eigenvalue weighted by Gasteiger charge is 2.18. The zero-order valence-electron chi connectivity index (χ0n) is 11.0. The summed E-state index contributed by atoms with van der Waals surface area (Å²) >= 11 is 0. The predicted octanol–water partition coefficient (Wildman–Crippen LogP) is 2.06. The normalized spacial score (nSPS) is 24.6. The van der Waals surface area contributed by atoms with Crippen LogP contribution >= 0.6 is 0 Å². The van der Waals surface area contributed by atoms with E-state index in [9.17, 15) is 0 Å². The largest absolute Gasteiger partial charge is 0.381 e. The molecule has 3 atom stereocenters. The minimum atomic E-state index is 0.498. The Bertz CT molecular complexity index is 169. The molecule has 0 aliphatic carbocycles. The van der Waals surface area contributed by atoms with E-state index in [-0.39, 0.29) is 0 Å². The molecule has 1 N–H and O–H groups in total. The fourth-order valence-electron chi connectivity index (χ4n) is 2.05. The monoisotopic (exact) mass is 229 g/mol. The van der Waals surface area contributed by atoms with Crippen molar-refractivity contribution in [3.05, 3.63) is 0 Å². The van der Waals surface area contributed by atoms with Gasteiger partial charge in [0.15, 0.2) is 0 Å². The summed E-state index contributed by atoms with van der Waals surface area (Å²) in [6, 6.07) is 0.498. The van der Waals surface area contributed by atoms with Crippen LogP contribution in [0.5, 0.6) is 0 Å². The van der Waals surface area contributed by atoms with Crippen molar-refractivity contribution in [1.29, 1.82) is 0 Å². The second-order valence-corrected chi connectivity index (χ2v) is 4.82. The van der Waals surface area contributed by atoms with E-state index in [1.807, 2.05) is 0 Å². The van der Waals surface area contributed by atoms with Crippen LogP contribution in [0, 0.1) is 11.8 Å². The van der Waals surface area contributed by atoms with E-state index >= 15 is 0 Å². The molecule has 1 aliphatic heterocycles. The van der Waals surface area contributed by atoms with E-state index in [4.69, 9.17) is 9.47 Å². The Hall–Kier alpha value is -0.120. The third-order valence-corrected chi connectivity index (χ3v) is 3.47. The van der Waals surface area contributed by atoms with Crippen LogP contribution in [0.1, 0.15) is 33.6 Å². The van der Waals surface area contributed by atoms with Crippen LogP contribution in [-0.4, -0.2) is 39.0 Å². The molecule has 0 amide bonds. The number of hydrogen-bond donors (Lipinski definition) is 1. The molecule has 0 bridgehead atoms. The fraction of sp³-hybridized carbons (Fsp3) is 1.00. The Balaban J connectivity index is 2.15. The van der Waals surface area contributed by atoms with Crippen molar-refractivity contribution in [3.8, 4) is 0 Å². The van der Waals surface area contributed by atoms with Crippen LogP contribution in [0.15, 0.2) is 0 Å². The summed E-state index contributed by atoms with van der Waals surface area (Å²) in [7, 11) is 0. The van der Waals surface area contributed by atoms with Gasteiger partial charge in [-0.3, -0.25) is 0 Å². The SMILES string of the molecule is CCNC(COCC1CCOC1)C(C)CC. The van der Waals surface area contributed by atoms with Gasteiger partial charge in [-0.05, 0) is 18.9 Å². The smallest absolute Gasteiger partial charge is 0.0622 e. The first-order valence-corrected chi connectivity index (χ1v) is 6.66. The molecule has 16 heavy (non-hydrogen) atoms. The van der Waals surface area contributed by atoms with Gasteiger partial charge in [0.25, 0.3) is 0 Å². The van der Waals surface area contributed by atoms with Crippen molar-refractivity contribution < 1.29 is 9.47 Å². The van der Waals surface area contributed by atoms with Gasteiger partial charge in [-0.15, -0.1) is 0 Å². The van der Waals surface area contributed by atoms with Crippen LogP contribution in [-0.2, 0) is 9.47 Å². The molecule has 0 aromatic carbocycles. The third kappa shape index (κ3) is 4.81. The minimum absolute atomic E-state index is 0.498. The Morgan fingerprint density at radius 2 is 2.25 bits per heavy atom. The zero-order valence-corrected chi connectivity index (χ0v) is 11.0. The molecular formula is C13H27NO2. The summed E-state index contributed by atoms with van der Waals surface area (Å²) in [4.78, 5) is 0. The lowest BCUT2D eigenvalue weighted by molar-refractivity contribution is 0.0638. The molecule has 0 aromatic rings. The van der Waals surface area contributed by atoms with E-state index in [1.165, 1.54) is 6.42 Å². The van der Waals surface area contributed by atoms with Crippen LogP contribution in [0.25, 0.3) is 0 Å². The molecule has 1 saturated heterocycles. The molecule has 3 nitrogen and oxygen atoms in total. The molecule has 1 aliphatic rings. The molecule has 1 heterocycles. The first-order valence-electron chi connectivity index (χ1n) is 6.66. The van der Waals surface area contributed by atoms with Crippen molar-refractivity contribution in [2.45, 2.75) is 39.7 Å². The molecule has 96 valence electrons. The average molecular weight is 229 g/mol. The maximum Gasteiger partial charge on any atom is 0.0622 e. The molecule has 0 spiro atoms. The first-order chi connectivity index (χ1) is 7.77. The van der Waals surface area contributed by atoms with Crippen LogP contribution in [0.2, 0.25) is 0 Å². The highest BCUT2D eigenvalue weighted by atomic mass is 16.5. The molecule has 3 heteroatoms. The van der Waals surface area contributed by atoms with E-state index in [1.54, 1.807) is 0 Å². The maximum absolute atomic E-state index is 5.81. The summed E-state index contributed by atoms with van der Waals surface area (Å²) in [6.07, 6.45) is 2.36. The van der Waals surface area contributed by atoms with Crippen molar-refractivity contribution >= 4 is 0 Å². The number of rotatable bonds is 8. The highest BCUT2D eigenvalue weighted by Crippen LogP contribution is 2.13. The van der Waals surface area contributed by atoms with Gasteiger partial charge in [0.1, 0.15) is 0 Å². The van der Waals surface area contributed by atoms with Gasteiger partial charge >= 0.3 is 0 Å². The Labute approximate surface area is 99.9 Å². The third-order valence-electron chi connectivity index (χ3n) is 3.47. The molecular weight excluding hydrogens is 202 g/mol. The molecule has 1 fully saturated rings. The number of nitrogens with one attached hydrogen (secondary N) is 1. The maximum atomic E-state index is 5.81. The van der Waals surface area contributed by atoms with E-state index in [0.717, 1.165) is 39.4 Å². The van der Waals surface area contributed by atoms with E-state index < -0.39 is 0 Å². The lowest BCUT2D eigenvalue weighted by atomic mass is 10.00. The number of ether oxygens (including phenoxy) is 2. The molecule has 0 radical (unpaired) electrons. The predicted molar refractivity (Wildman–Crippen MR) is 66.7 cm³/mol. The summed E-state index contributed by atoms with van der Waals surface area (Å²) in [5.41, 5.74) is 0. The van der Waals surface area contributed by atoms with Crippen LogP contribution < -0.4 is 5.32 Å². The van der Waals surface area contributed by atoms with Gasteiger partial charge in [-0.2, -0.15) is 0 Å². The Kier molecular flexibility index (Phi) is 7.01. The van der Waals surface area contributed by atoms with Gasteiger partial charge in [0.2, 0.25) is 0 Å². The summed E-state index contributed by atoms with van der Waals surface area (Å²) < 4.78 is 11.1. The van der Waals surface area contributed by atoms with E-state index in [2.05, 4.69) is 26.1 Å².